The van der Waals surface area contributed by atoms with Gasteiger partial charge in [-0.3, -0.25) is 8.98 Å². The zero-order valence-electron chi connectivity index (χ0n) is 12.3. The molecule has 2 rings (SSSR count). The number of hydrogen-bond donors (Lipinski definition) is 1. The van der Waals surface area contributed by atoms with Crippen LogP contribution in [-0.2, 0) is 19.1 Å². The molecule has 0 heterocycles. The molecule has 0 aromatic rings. The Morgan fingerprint density at radius 2 is 1.80 bits per heavy atom. The third-order valence-electron chi connectivity index (χ3n) is 4.61. The van der Waals surface area contributed by atoms with E-state index in [0.29, 0.717) is 6.04 Å². The number of hydrogen-bond acceptors (Lipinski definition) is 4. The molecule has 0 spiro atoms. The summed E-state index contributed by atoms with van der Waals surface area (Å²) in [5, 5.41) is 3.12. The van der Waals surface area contributed by atoms with Crippen molar-refractivity contribution in [1.82, 2.24) is 5.32 Å². The lowest BCUT2D eigenvalue weighted by Crippen LogP contribution is -2.47. The highest BCUT2D eigenvalue weighted by Crippen LogP contribution is 2.35. The van der Waals surface area contributed by atoms with Crippen molar-refractivity contribution in [2.24, 2.45) is 17.8 Å². The van der Waals surface area contributed by atoms with Gasteiger partial charge in [-0.1, -0.05) is 6.92 Å². The van der Waals surface area contributed by atoms with Crippen molar-refractivity contribution in [3.8, 4) is 0 Å². The molecule has 20 heavy (non-hydrogen) atoms. The Hall–Kier alpha value is -0.620. The third kappa shape index (κ3) is 4.45. The number of carbonyl (C=O) groups is 1. The first kappa shape index (κ1) is 15.8. The highest BCUT2D eigenvalue weighted by Gasteiger charge is 2.38. The number of amides is 1. The predicted molar refractivity (Wildman–Crippen MR) is 76.6 cm³/mol. The minimum absolute atomic E-state index is 0.0484. The quantitative estimate of drug-likeness (QED) is 0.784. The van der Waals surface area contributed by atoms with Crippen LogP contribution in [-0.4, -0.2) is 33.2 Å². The Morgan fingerprint density at radius 1 is 1.15 bits per heavy atom. The Labute approximate surface area is 121 Å². The molecule has 0 radical (unpaired) electrons. The van der Waals surface area contributed by atoms with Crippen molar-refractivity contribution in [2.75, 3.05) is 12.9 Å². The highest BCUT2D eigenvalue weighted by atomic mass is 32.2. The van der Waals surface area contributed by atoms with E-state index >= 15 is 0 Å². The maximum Gasteiger partial charge on any atom is 0.264 e. The van der Waals surface area contributed by atoms with E-state index in [0.717, 1.165) is 37.9 Å². The predicted octanol–water partition coefficient (Wildman–Crippen LogP) is 1.68. The molecule has 2 aliphatic carbocycles. The molecule has 0 unspecified atom stereocenters. The average molecular weight is 303 g/mol. The molecule has 1 N–H and O–H groups in total. The van der Waals surface area contributed by atoms with Gasteiger partial charge in [0.05, 0.1) is 12.9 Å². The van der Waals surface area contributed by atoms with E-state index in [1.807, 2.05) is 0 Å². The van der Waals surface area contributed by atoms with Crippen molar-refractivity contribution in [1.29, 1.82) is 0 Å². The van der Waals surface area contributed by atoms with Crippen LogP contribution in [0.25, 0.3) is 0 Å². The Morgan fingerprint density at radius 3 is 2.30 bits per heavy atom. The molecule has 6 heteroatoms. The fraction of sp³-hybridized carbons (Fsp3) is 0.929. The van der Waals surface area contributed by atoms with Crippen molar-refractivity contribution >= 4 is 16.0 Å². The first-order valence-electron chi connectivity index (χ1n) is 7.50. The van der Waals surface area contributed by atoms with Crippen LogP contribution in [0, 0.1) is 17.8 Å². The fourth-order valence-corrected chi connectivity index (χ4v) is 3.46. The molecule has 2 aliphatic rings. The van der Waals surface area contributed by atoms with Gasteiger partial charge in [0.2, 0.25) is 5.91 Å². The van der Waals surface area contributed by atoms with Crippen molar-refractivity contribution < 1.29 is 17.4 Å². The van der Waals surface area contributed by atoms with Gasteiger partial charge in [-0.25, -0.2) is 0 Å². The molecular weight excluding hydrogens is 278 g/mol. The van der Waals surface area contributed by atoms with Crippen LogP contribution in [0.1, 0.15) is 45.4 Å². The van der Waals surface area contributed by atoms with Crippen LogP contribution in [0.5, 0.6) is 0 Å². The maximum absolute atomic E-state index is 12.2. The standard InChI is InChI=1S/C14H25NO4S/c1-10-3-6-12(7-4-10)15-14(16)13-8-5-11(13)9-19-20(2,17)18/h10-13H,3-9H2,1-2H3,(H,15,16)/t10-,11-,12-,13+/m0/s1. The van der Waals surface area contributed by atoms with Crippen LogP contribution in [0.15, 0.2) is 0 Å². The van der Waals surface area contributed by atoms with Crippen LogP contribution >= 0.6 is 0 Å². The van der Waals surface area contributed by atoms with E-state index in [4.69, 9.17) is 4.18 Å². The molecule has 1 amide bonds. The topological polar surface area (TPSA) is 72.5 Å². The van der Waals surface area contributed by atoms with Gasteiger partial charge in [-0.05, 0) is 50.4 Å². The van der Waals surface area contributed by atoms with E-state index in [-0.39, 0.29) is 24.3 Å². The van der Waals surface area contributed by atoms with Gasteiger partial charge in [0, 0.05) is 12.0 Å². The van der Waals surface area contributed by atoms with Crippen LogP contribution < -0.4 is 5.32 Å². The Bertz CT molecular complexity index is 440. The van der Waals surface area contributed by atoms with Gasteiger partial charge in [-0.15, -0.1) is 0 Å². The summed E-state index contributed by atoms with van der Waals surface area (Å²) in [6.45, 7) is 2.39. The summed E-state index contributed by atoms with van der Waals surface area (Å²) in [5.74, 6) is 0.823. The second kappa shape index (κ2) is 6.43. The van der Waals surface area contributed by atoms with Crippen molar-refractivity contribution in [2.45, 2.75) is 51.5 Å². The summed E-state index contributed by atoms with van der Waals surface area (Å²) in [7, 11) is -3.41. The molecule has 0 saturated heterocycles. The maximum atomic E-state index is 12.2. The normalized spacial score (nSPS) is 34.3. The first-order chi connectivity index (χ1) is 9.35. The minimum Gasteiger partial charge on any atom is -0.353 e. The molecule has 0 aromatic heterocycles. The lowest BCUT2D eigenvalue weighted by molar-refractivity contribution is -0.132. The fourth-order valence-electron chi connectivity index (χ4n) is 3.04. The smallest absolute Gasteiger partial charge is 0.264 e. The monoisotopic (exact) mass is 303 g/mol. The summed E-state index contributed by atoms with van der Waals surface area (Å²) < 4.78 is 26.8. The molecule has 0 bridgehead atoms. The minimum atomic E-state index is -3.41. The Kier molecular flexibility index (Phi) is 5.07. The van der Waals surface area contributed by atoms with E-state index in [9.17, 15) is 13.2 Å². The van der Waals surface area contributed by atoms with Gasteiger partial charge in [0.1, 0.15) is 0 Å². The lowest BCUT2D eigenvalue weighted by atomic mass is 9.73. The summed E-state index contributed by atoms with van der Waals surface area (Å²) in [6, 6.07) is 0.302. The van der Waals surface area contributed by atoms with Crippen LogP contribution in [0.2, 0.25) is 0 Å². The molecular formula is C14H25NO4S. The molecule has 2 fully saturated rings. The van der Waals surface area contributed by atoms with Gasteiger partial charge in [0.15, 0.2) is 0 Å². The second-order valence-corrected chi connectivity index (χ2v) is 8.04. The van der Waals surface area contributed by atoms with E-state index in [1.165, 1.54) is 12.8 Å². The molecule has 0 aliphatic heterocycles. The lowest BCUT2D eigenvalue weighted by Gasteiger charge is -2.36. The molecule has 116 valence electrons. The van der Waals surface area contributed by atoms with Crippen LogP contribution in [0.3, 0.4) is 0 Å². The molecule has 0 aromatic carbocycles. The molecule has 2 atom stereocenters. The van der Waals surface area contributed by atoms with Crippen LogP contribution in [0.4, 0.5) is 0 Å². The van der Waals surface area contributed by atoms with Crippen molar-refractivity contribution in [3.63, 3.8) is 0 Å². The van der Waals surface area contributed by atoms with E-state index < -0.39 is 10.1 Å². The summed E-state index contributed by atoms with van der Waals surface area (Å²) in [6.07, 6.45) is 7.23. The summed E-state index contributed by atoms with van der Waals surface area (Å²) in [4.78, 5) is 12.2. The average Bonchev–Trinajstić information content (AvgIpc) is 2.29. The molecule has 5 nitrogen and oxygen atoms in total. The highest BCUT2D eigenvalue weighted by molar-refractivity contribution is 7.85. The SMILES string of the molecule is CS(=O)(=O)OC[C@@H]1CC[C@H]1C(=O)N[C@H]1CC[C@H](C)CC1. The van der Waals surface area contributed by atoms with E-state index in [1.54, 1.807) is 0 Å². The second-order valence-electron chi connectivity index (χ2n) is 6.40. The van der Waals surface area contributed by atoms with Gasteiger partial charge < -0.3 is 5.32 Å². The van der Waals surface area contributed by atoms with E-state index in [2.05, 4.69) is 12.2 Å². The number of carbonyl (C=O) groups excluding carboxylic acids is 1. The zero-order chi connectivity index (χ0) is 14.8. The van der Waals surface area contributed by atoms with Gasteiger partial charge in [-0.2, -0.15) is 8.42 Å². The Balaban J connectivity index is 1.75. The van der Waals surface area contributed by atoms with Gasteiger partial charge >= 0.3 is 0 Å². The van der Waals surface area contributed by atoms with Crippen molar-refractivity contribution in [3.05, 3.63) is 0 Å². The first-order valence-corrected chi connectivity index (χ1v) is 9.31. The largest absolute Gasteiger partial charge is 0.353 e. The number of nitrogens with one attached hydrogen (secondary N) is 1. The summed E-state index contributed by atoms with van der Waals surface area (Å²) >= 11 is 0. The van der Waals surface area contributed by atoms with Gasteiger partial charge in [0.25, 0.3) is 10.1 Å². The third-order valence-corrected chi connectivity index (χ3v) is 5.18. The zero-order valence-corrected chi connectivity index (χ0v) is 13.1. The molecule has 2 saturated carbocycles. The summed E-state index contributed by atoms with van der Waals surface area (Å²) in [5.41, 5.74) is 0. The number of rotatable bonds is 5.